The van der Waals surface area contributed by atoms with Crippen LogP contribution >= 0.6 is 0 Å². The Hall–Kier alpha value is -1.10. The van der Waals surface area contributed by atoms with Gasteiger partial charge in [0, 0.05) is 0 Å². The van der Waals surface area contributed by atoms with Crippen molar-refractivity contribution in [3.63, 3.8) is 0 Å². The van der Waals surface area contributed by atoms with Crippen LogP contribution in [0.5, 0.6) is 0 Å². The molecule has 0 radical (unpaired) electrons. The van der Waals surface area contributed by atoms with Crippen LogP contribution in [-0.2, 0) is 4.79 Å². The highest BCUT2D eigenvalue weighted by atomic mass is 16.2. The number of rotatable bonds is 4. The quantitative estimate of drug-likeness (QED) is 0.560. The number of hydrogen-bond acceptors (Lipinski definition) is 2. The second-order valence-corrected chi connectivity index (χ2v) is 5.49. The molecule has 1 N–H and O–H groups in total. The lowest BCUT2D eigenvalue weighted by Gasteiger charge is -2.29. The number of quaternary nitrogens is 1. The van der Waals surface area contributed by atoms with E-state index in [1.54, 1.807) is 13.8 Å². The molecule has 0 aromatic rings. The van der Waals surface area contributed by atoms with E-state index in [1.165, 1.54) is 4.90 Å². The zero-order chi connectivity index (χ0) is 12.6. The fraction of sp³-hybridized carbons (Fsp3) is 0.818. The molecule has 16 heavy (non-hydrogen) atoms. The molecular weight excluding hydrogens is 206 g/mol. The van der Waals surface area contributed by atoms with Crippen molar-refractivity contribution >= 4 is 11.9 Å². The Bertz CT molecular complexity index is 310. The summed E-state index contributed by atoms with van der Waals surface area (Å²) in [5.41, 5.74) is -0.750. The van der Waals surface area contributed by atoms with Gasteiger partial charge in [-0.2, -0.15) is 0 Å². The van der Waals surface area contributed by atoms with Crippen molar-refractivity contribution in [3.8, 4) is 0 Å². The summed E-state index contributed by atoms with van der Waals surface area (Å²) in [7, 11) is 4.17. The van der Waals surface area contributed by atoms with Gasteiger partial charge in [-0.15, -0.1) is 0 Å². The Morgan fingerprint density at radius 3 is 2.25 bits per heavy atom. The summed E-state index contributed by atoms with van der Waals surface area (Å²) in [6, 6.07) is -0.272. The molecule has 1 heterocycles. The maximum Gasteiger partial charge on any atom is 0.325 e. The van der Waals surface area contributed by atoms with Gasteiger partial charge in [-0.25, -0.2) is 4.79 Å². The average Bonchev–Trinajstić information content (AvgIpc) is 2.35. The maximum absolute atomic E-state index is 11.9. The van der Waals surface area contributed by atoms with Crippen molar-refractivity contribution in [2.75, 3.05) is 33.7 Å². The van der Waals surface area contributed by atoms with E-state index in [9.17, 15) is 9.59 Å². The van der Waals surface area contributed by atoms with Crippen molar-refractivity contribution < 1.29 is 14.1 Å². The van der Waals surface area contributed by atoms with Crippen LogP contribution in [0.25, 0.3) is 0 Å². The Balaban J connectivity index is 2.63. The van der Waals surface area contributed by atoms with Crippen LogP contribution in [0.4, 0.5) is 4.79 Å². The van der Waals surface area contributed by atoms with Crippen LogP contribution < -0.4 is 5.32 Å². The van der Waals surface area contributed by atoms with Crippen LogP contribution in [0.15, 0.2) is 0 Å². The summed E-state index contributed by atoms with van der Waals surface area (Å²) in [5.74, 6) is -0.131. The van der Waals surface area contributed by atoms with Crippen LogP contribution in [0.3, 0.4) is 0 Å². The van der Waals surface area contributed by atoms with Crippen LogP contribution in [-0.4, -0.2) is 60.6 Å². The molecule has 5 nitrogen and oxygen atoms in total. The predicted molar refractivity (Wildman–Crippen MR) is 61.8 cm³/mol. The van der Waals surface area contributed by atoms with Gasteiger partial charge in [0.15, 0.2) is 0 Å². The molecule has 1 aliphatic heterocycles. The second-order valence-electron chi connectivity index (χ2n) is 5.49. The van der Waals surface area contributed by atoms with E-state index in [-0.39, 0.29) is 11.9 Å². The zero-order valence-corrected chi connectivity index (χ0v) is 10.8. The molecule has 1 saturated heterocycles. The molecule has 3 amide bonds. The molecule has 0 aromatic heterocycles. The van der Waals surface area contributed by atoms with Gasteiger partial charge in [0.25, 0.3) is 5.91 Å². The van der Waals surface area contributed by atoms with Gasteiger partial charge >= 0.3 is 6.03 Å². The summed E-state index contributed by atoms with van der Waals surface area (Å²) in [6.45, 7) is 7.80. The molecule has 1 aliphatic rings. The number of likely N-dealkylation sites (N-methyl/N-ethyl adjacent to an activating group) is 1. The van der Waals surface area contributed by atoms with Crippen molar-refractivity contribution in [2.45, 2.75) is 26.3 Å². The van der Waals surface area contributed by atoms with E-state index in [0.29, 0.717) is 6.54 Å². The fourth-order valence-corrected chi connectivity index (χ4v) is 1.55. The zero-order valence-electron chi connectivity index (χ0n) is 10.8. The molecular formula is C11H22N3O2+. The highest BCUT2D eigenvalue weighted by molar-refractivity contribution is 6.06. The highest BCUT2D eigenvalue weighted by Gasteiger charge is 2.44. The first-order valence-electron chi connectivity index (χ1n) is 5.66. The van der Waals surface area contributed by atoms with Gasteiger partial charge in [-0.3, -0.25) is 9.69 Å². The first-order valence-corrected chi connectivity index (χ1v) is 5.66. The molecule has 5 heteroatoms. The number of imide groups is 1. The number of nitrogens with zero attached hydrogens (tertiary/aromatic N) is 2. The fourth-order valence-electron chi connectivity index (χ4n) is 1.55. The number of carbonyl (C=O) groups is 2. The molecule has 0 unspecified atom stereocenters. The van der Waals surface area contributed by atoms with Crippen LogP contribution in [0.2, 0.25) is 0 Å². The van der Waals surface area contributed by atoms with Gasteiger partial charge in [0.2, 0.25) is 0 Å². The molecule has 0 bridgehead atoms. The minimum absolute atomic E-state index is 0.131. The Labute approximate surface area is 97.0 Å². The number of urea groups is 1. The third kappa shape index (κ3) is 2.52. The predicted octanol–water partition coefficient (Wildman–Crippen LogP) is 0.413. The summed E-state index contributed by atoms with van der Waals surface area (Å²) >= 11 is 0. The van der Waals surface area contributed by atoms with E-state index in [4.69, 9.17) is 0 Å². The topological polar surface area (TPSA) is 49.4 Å². The minimum Gasteiger partial charge on any atom is -0.327 e. The first-order chi connectivity index (χ1) is 7.19. The SMILES string of the molecule is CC[N+](C)(C)CCN1C(=O)NC(C)(C)C1=O. The Kier molecular flexibility index (Phi) is 3.28. The van der Waals surface area contributed by atoms with Gasteiger partial charge in [-0.05, 0) is 20.8 Å². The van der Waals surface area contributed by atoms with Crippen molar-refractivity contribution in [1.29, 1.82) is 0 Å². The van der Waals surface area contributed by atoms with E-state index < -0.39 is 5.54 Å². The lowest BCUT2D eigenvalue weighted by atomic mass is 10.1. The molecule has 1 fully saturated rings. The van der Waals surface area contributed by atoms with Gasteiger partial charge in [0.1, 0.15) is 5.54 Å². The molecule has 0 aliphatic carbocycles. The number of amides is 3. The summed E-state index contributed by atoms with van der Waals surface area (Å²) in [6.07, 6.45) is 0. The van der Waals surface area contributed by atoms with Gasteiger partial charge < -0.3 is 9.80 Å². The third-order valence-electron chi connectivity index (χ3n) is 3.23. The van der Waals surface area contributed by atoms with E-state index >= 15 is 0 Å². The third-order valence-corrected chi connectivity index (χ3v) is 3.23. The molecule has 0 atom stereocenters. The first kappa shape index (κ1) is 13.0. The minimum atomic E-state index is -0.750. The van der Waals surface area contributed by atoms with Crippen molar-refractivity contribution in [1.82, 2.24) is 10.2 Å². The van der Waals surface area contributed by atoms with Gasteiger partial charge in [0.05, 0.1) is 33.7 Å². The average molecular weight is 228 g/mol. The number of carbonyl (C=O) groups excluding carboxylic acids is 2. The second kappa shape index (κ2) is 4.05. The molecule has 0 aromatic carbocycles. The Morgan fingerprint density at radius 1 is 1.31 bits per heavy atom. The molecule has 92 valence electrons. The van der Waals surface area contributed by atoms with E-state index in [1.807, 2.05) is 0 Å². The largest absolute Gasteiger partial charge is 0.327 e. The van der Waals surface area contributed by atoms with Crippen molar-refractivity contribution in [2.24, 2.45) is 0 Å². The lowest BCUT2D eigenvalue weighted by Crippen LogP contribution is -2.47. The maximum atomic E-state index is 11.9. The molecule has 0 spiro atoms. The lowest BCUT2D eigenvalue weighted by molar-refractivity contribution is -0.887. The standard InChI is InChI=1S/C11H21N3O2/c1-6-14(4,5)8-7-13-9(15)11(2,3)12-10(13)16/h6-8H2,1-5H3/p+1. The van der Waals surface area contributed by atoms with Gasteiger partial charge in [-0.1, -0.05) is 0 Å². The van der Waals surface area contributed by atoms with Crippen LogP contribution in [0, 0.1) is 0 Å². The summed E-state index contributed by atoms with van der Waals surface area (Å²) in [4.78, 5) is 24.8. The summed E-state index contributed by atoms with van der Waals surface area (Å²) in [5, 5.41) is 2.68. The normalized spacial score (nSPS) is 20.2. The highest BCUT2D eigenvalue weighted by Crippen LogP contribution is 2.16. The monoisotopic (exact) mass is 228 g/mol. The van der Waals surface area contributed by atoms with E-state index in [0.717, 1.165) is 17.6 Å². The Morgan fingerprint density at radius 2 is 1.88 bits per heavy atom. The molecule has 1 rings (SSSR count). The van der Waals surface area contributed by atoms with Crippen LogP contribution in [0.1, 0.15) is 20.8 Å². The van der Waals surface area contributed by atoms with E-state index in [2.05, 4.69) is 26.3 Å². The number of hydrogen-bond donors (Lipinski definition) is 1. The smallest absolute Gasteiger partial charge is 0.325 e. The number of nitrogens with one attached hydrogen (secondary N) is 1. The summed E-state index contributed by atoms with van der Waals surface area (Å²) < 4.78 is 0.803. The molecule has 0 saturated carbocycles. The van der Waals surface area contributed by atoms with Crippen molar-refractivity contribution in [3.05, 3.63) is 0 Å².